The molecule has 0 radical (unpaired) electrons. The van der Waals surface area contributed by atoms with Crippen molar-refractivity contribution >= 4 is 33.6 Å². The molecule has 0 aliphatic heterocycles. The maximum Gasteiger partial charge on any atom is 0.262 e. The van der Waals surface area contributed by atoms with E-state index in [-0.39, 0.29) is 16.3 Å². The van der Waals surface area contributed by atoms with Crippen molar-refractivity contribution in [2.24, 2.45) is 0 Å². The van der Waals surface area contributed by atoms with E-state index in [4.69, 9.17) is 29.4 Å². The highest BCUT2D eigenvalue weighted by Crippen LogP contribution is 2.40. The van der Waals surface area contributed by atoms with Gasteiger partial charge in [0.25, 0.3) is 10.0 Å². The van der Waals surface area contributed by atoms with Gasteiger partial charge in [-0.1, -0.05) is 12.2 Å². The summed E-state index contributed by atoms with van der Waals surface area (Å²) in [4.78, 5) is 0.0612. The first-order chi connectivity index (χ1) is 16.8. The number of rotatable bonds is 10. The van der Waals surface area contributed by atoms with Crippen molar-refractivity contribution in [1.82, 2.24) is 0 Å². The Bertz CT molecular complexity index is 1300. The minimum Gasteiger partial charge on any atom is -0.493 e. The second-order valence-electron chi connectivity index (χ2n) is 7.27. The van der Waals surface area contributed by atoms with E-state index < -0.39 is 10.0 Å². The third kappa shape index (κ3) is 5.72. The van der Waals surface area contributed by atoms with E-state index in [0.717, 1.165) is 5.56 Å². The Morgan fingerprint density at radius 2 is 1.14 bits per heavy atom. The zero-order valence-electron chi connectivity index (χ0n) is 20.1. The van der Waals surface area contributed by atoms with E-state index >= 15 is 0 Å². The van der Waals surface area contributed by atoms with Crippen LogP contribution < -0.4 is 34.1 Å². The van der Waals surface area contributed by atoms with E-state index in [1.807, 2.05) is 6.08 Å². The molecule has 0 aliphatic carbocycles. The molecule has 0 spiro atoms. The first kappa shape index (κ1) is 25.6. The maximum atomic E-state index is 13.0. The standard InChI is InChI=1S/C25H28N2O7S/c1-30-21-13-16(6-7-17-14-22(31-2)25(34-5)23(15-17)32-3)12-20(24(21)33-4)27-35(28,29)19-10-8-18(26)9-11-19/h6-15,27H,26H2,1-5H3. The first-order valence-corrected chi connectivity index (χ1v) is 11.9. The summed E-state index contributed by atoms with van der Waals surface area (Å²) in [6.07, 6.45) is 3.62. The fraction of sp³-hybridized carbons (Fsp3) is 0.200. The highest BCUT2D eigenvalue weighted by molar-refractivity contribution is 7.92. The van der Waals surface area contributed by atoms with Gasteiger partial charge >= 0.3 is 0 Å². The lowest BCUT2D eigenvalue weighted by Crippen LogP contribution is -2.14. The molecule has 186 valence electrons. The molecular formula is C25H28N2O7S. The monoisotopic (exact) mass is 500 g/mol. The van der Waals surface area contributed by atoms with Gasteiger partial charge in [-0.25, -0.2) is 8.42 Å². The Kier molecular flexibility index (Phi) is 7.98. The third-order valence-electron chi connectivity index (χ3n) is 5.09. The van der Waals surface area contributed by atoms with Crippen LogP contribution in [0.3, 0.4) is 0 Å². The fourth-order valence-corrected chi connectivity index (χ4v) is 4.45. The van der Waals surface area contributed by atoms with E-state index in [9.17, 15) is 8.42 Å². The van der Waals surface area contributed by atoms with Crippen molar-refractivity contribution in [3.63, 3.8) is 0 Å². The summed E-state index contributed by atoms with van der Waals surface area (Å²) in [7, 11) is 3.62. The number of benzene rings is 3. The number of ether oxygens (including phenoxy) is 5. The molecule has 3 aromatic carbocycles. The van der Waals surface area contributed by atoms with Crippen molar-refractivity contribution in [3.8, 4) is 28.7 Å². The van der Waals surface area contributed by atoms with Crippen molar-refractivity contribution in [2.75, 3.05) is 46.0 Å². The molecule has 0 bridgehead atoms. The predicted octanol–water partition coefficient (Wildman–Crippen LogP) is 4.28. The zero-order valence-corrected chi connectivity index (χ0v) is 20.9. The van der Waals surface area contributed by atoms with Crippen LogP contribution in [0.4, 0.5) is 11.4 Å². The summed E-state index contributed by atoms with van der Waals surface area (Å²) in [6, 6.07) is 12.8. The van der Waals surface area contributed by atoms with E-state index in [1.54, 1.807) is 44.6 Å². The molecule has 0 saturated heterocycles. The third-order valence-corrected chi connectivity index (χ3v) is 6.47. The molecule has 0 amide bonds. The topological polar surface area (TPSA) is 118 Å². The van der Waals surface area contributed by atoms with Gasteiger partial charge in [-0.15, -0.1) is 0 Å². The van der Waals surface area contributed by atoms with E-state index in [1.165, 1.54) is 45.6 Å². The number of hydrogen-bond donors (Lipinski definition) is 2. The number of nitrogens with two attached hydrogens (primary N) is 1. The smallest absolute Gasteiger partial charge is 0.262 e. The molecule has 0 saturated carbocycles. The van der Waals surface area contributed by atoms with Gasteiger partial charge in [-0.3, -0.25) is 4.72 Å². The van der Waals surface area contributed by atoms with Crippen LogP contribution in [-0.4, -0.2) is 44.0 Å². The SMILES string of the molecule is COc1cc(C=Cc2cc(OC)c(OC)c(OC)c2)cc(NS(=O)(=O)c2ccc(N)cc2)c1OC. The molecule has 0 heterocycles. The molecule has 3 rings (SSSR count). The van der Waals surface area contributed by atoms with Crippen LogP contribution in [0.5, 0.6) is 28.7 Å². The fourth-order valence-electron chi connectivity index (χ4n) is 3.40. The Morgan fingerprint density at radius 1 is 0.686 bits per heavy atom. The molecule has 0 fully saturated rings. The first-order valence-electron chi connectivity index (χ1n) is 10.4. The summed E-state index contributed by atoms with van der Waals surface area (Å²) in [6.45, 7) is 0. The van der Waals surface area contributed by atoms with Crippen molar-refractivity contribution < 1.29 is 32.1 Å². The van der Waals surface area contributed by atoms with Crippen LogP contribution >= 0.6 is 0 Å². The lowest BCUT2D eigenvalue weighted by atomic mass is 10.1. The maximum absolute atomic E-state index is 13.0. The molecule has 0 atom stereocenters. The van der Waals surface area contributed by atoms with Gasteiger partial charge in [0.1, 0.15) is 0 Å². The van der Waals surface area contributed by atoms with Gasteiger partial charge in [0.05, 0.1) is 46.1 Å². The van der Waals surface area contributed by atoms with Crippen molar-refractivity contribution in [2.45, 2.75) is 4.90 Å². The van der Waals surface area contributed by atoms with Gasteiger partial charge in [0.2, 0.25) is 5.75 Å². The van der Waals surface area contributed by atoms with Gasteiger partial charge in [0.15, 0.2) is 23.0 Å². The van der Waals surface area contributed by atoms with Crippen LogP contribution in [0.1, 0.15) is 11.1 Å². The Hall–Kier alpha value is -4.05. The van der Waals surface area contributed by atoms with Crippen molar-refractivity contribution in [3.05, 3.63) is 59.7 Å². The Morgan fingerprint density at radius 3 is 1.60 bits per heavy atom. The molecule has 9 nitrogen and oxygen atoms in total. The molecule has 0 aliphatic rings. The average molecular weight is 501 g/mol. The number of methoxy groups -OCH3 is 5. The molecule has 3 N–H and O–H groups in total. The summed E-state index contributed by atoms with van der Waals surface area (Å²) in [5, 5.41) is 0. The Balaban J connectivity index is 2.02. The second-order valence-corrected chi connectivity index (χ2v) is 8.95. The van der Waals surface area contributed by atoms with E-state index in [0.29, 0.717) is 34.2 Å². The summed E-state index contributed by atoms with van der Waals surface area (Å²) >= 11 is 0. The Labute approximate surface area is 205 Å². The zero-order chi connectivity index (χ0) is 25.6. The van der Waals surface area contributed by atoms with Crippen LogP contribution in [0.15, 0.2) is 53.4 Å². The minimum absolute atomic E-state index is 0.0612. The normalized spacial score (nSPS) is 11.2. The largest absolute Gasteiger partial charge is 0.493 e. The number of sulfonamides is 1. The summed E-state index contributed by atoms with van der Waals surface area (Å²) in [5.41, 5.74) is 7.79. The number of hydrogen-bond acceptors (Lipinski definition) is 8. The predicted molar refractivity (Wildman–Crippen MR) is 136 cm³/mol. The van der Waals surface area contributed by atoms with Gasteiger partial charge in [-0.2, -0.15) is 0 Å². The highest BCUT2D eigenvalue weighted by atomic mass is 32.2. The lowest BCUT2D eigenvalue weighted by Gasteiger charge is -2.16. The lowest BCUT2D eigenvalue weighted by molar-refractivity contribution is 0.324. The summed E-state index contributed by atoms with van der Waals surface area (Å²) < 4.78 is 55.5. The van der Waals surface area contributed by atoms with Crippen LogP contribution in [0.2, 0.25) is 0 Å². The molecule has 10 heteroatoms. The van der Waals surface area contributed by atoms with Gasteiger partial charge in [0, 0.05) is 5.69 Å². The number of nitrogen functional groups attached to an aromatic ring is 1. The average Bonchev–Trinajstić information content (AvgIpc) is 2.86. The van der Waals surface area contributed by atoms with Gasteiger partial charge in [-0.05, 0) is 59.7 Å². The molecular weight excluding hydrogens is 472 g/mol. The van der Waals surface area contributed by atoms with Crippen LogP contribution in [0.25, 0.3) is 12.2 Å². The molecule has 35 heavy (non-hydrogen) atoms. The van der Waals surface area contributed by atoms with Gasteiger partial charge < -0.3 is 29.4 Å². The second kappa shape index (κ2) is 10.9. The minimum atomic E-state index is -3.91. The summed E-state index contributed by atoms with van der Waals surface area (Å²) in [5.74, 6) is 2.11. The molecule has 0 unspecified atom stereocenters. The van der Waals surface area contributed by atoms with Crippen LogP contribution in [0, 0.1) is 0 Å². The quantitative estimate of drug-likeness (QED) is 0.313. The number of nitrogens with one attached hydrogen (secondary N) is 1. The number of anilines is 2. The van der Waals surface area contributed by atoms with E-state index in [2.05, 4.69) is 4.72 Å². The van der Waals surface area contributed by atoms with Crippen molar-refractivity contribution in [1.29, 1.82) is 0 Å². The van der Waals surface area contributed by atoms with Crippen LogP contribution in [-0.2, 0) is 10.0 Å². The highest BCUT2D eigenvalue weighted by Gasteiger charge is 2.20. The molecule has 0 aromatic heterocycles. The molecule has 3 aromatic rings.